The lowest BCUT2D eigenvalue weighted by Gasteiger charge is -2.22. The lowest BCUT2D eigenvalue weighted by Crippen LogP contribution is -2.14. The van der Waals surface area contributed by atoms with Crippen LogP contribution in [-0.2, 0) is 5.41 Å². The van der Waals surface area contributed by atoms with Gasteiger partial charge in [0.15, 0.2) is 5.82 Å². The van der Waals surface area contributed by atoms with Gasteiger partial charge in [-0.2, -0.15) is 0 Å². The van der Waals surface area contributed by atoms with Crippen molar-refractivity contribution < 1.29 is 0 Å². The second kappa shape index (κ2) is 12.5. The molecule has 1 aliphatic rings. The first kappa shape index (κ1) is 32.3. The SMILES string of the molecule is CC1(C)c2cc3ccccc3cc2-c2c(-c3ccccc3-c3cc(-n4c5ccccc5c5cc(-c6ccccc6)ccc54)nc(-c4ccccc4)n3)cccc21. The summed E-state index contributed by atoms with van der Waals surface area (Å²) >= 11 is 0. The highest BCUT2D eigenvalue weighted by Gasteiger charge is 2.37. The van der Waals surface area contributed by atoms with Gasteiger partial charge in [0.25, 0.3) is 0 Å². The van der Waals surface area contributed by atoms with Gasteiger partial charge in [-0.25, -0.2) is 9.97 Å². The zero-order chi connectivity index (χ0) is 37.4. The Balaban J connectivity index is 1.15. The Labute approximate surface area is 326 Å². The van der Waals surface area contributed by atoms with Crippen LogP contribution in [0, 0.1) is 0 Å². The second-order valence-corrected chi connectivity index (χ2v) is 15.4. The molecule has 0 saturated carbocycles. The molecule has 1 aliphatic carbocycles. The van der Waals surface area contributed by atoms with E-state index in [1.165, 1.54) is 60.5 Å². The molecule has 0 amide bonds. The Morgan fingerprint density at radius 3 is 1.86 bits per heavy atom. The standard InChI is InChI=1S/C53H37N3/c1-53(2)45-26-15-25-42(51(45)44-31-36-20-9-10-21-37(36)32-46(44)53)39-22-11-12-23-40(39)47-33-50(55-52(54-47)35-18-7-4-8-19-35)56-48-27-14-13-24-41(48)43-30-38(28-29-49(43)56)34-16-5-3-6-17-34/h3-33H,1-2H3. The van der Waals surface area contributed by atoms with Crippen molar-refractivity contribution in [1.82, 2.24) is 14.5 Å². The molecule has 2 heterocycles. The van der Waals surface area contributed by atoms with Gasteiger partial charge in [0.2, 0.25) is 0 Å². The van der Waals surface area contributed by atoms with Gasteiger partial charge in [0.05, 0.1) is 16.7 Å². The molecule has 0 spiro atoms. The zero-order valence-electron chi connectivity index (χ0n) is 31.2. The van der Waals surface area contributed by atoms with E-state index in [9.17, 15) is 0 Å². The highest BCUT2D eigenvalue weighted by atomic mass is 15.1. The van der Waals surface area contributed by atoms with Crippen LogP contribution in [0.1, 0.15) is 25.0 Å². The topological polar surface area (TPSA) is 30.7 Å². The summed E-state index contributed by atoms with van der Waals surface area (Å²) in [4.78, 5) is 10.7. The lowest BCUT2D eigenvalue weighted by atomic mass is 9.81. The van der Waals surface area contributed by atoms with Crippen molar-refractivity contribution >= 4 is 32.6 Å². The second-order valence-electron chi connectivity index (χ2n) is 15.4. The Kier molecular flexibility index (Phi) is 7.20. The molecular formula is C53H37N3. The van der Waals surface area contributed by atoms with Crippen molar-refractivity contribution in [3.8, 4) is 61.8 Å². The molecule has 3 nitrogen and oxygen atoms in total. The maximum absolute atomic E-state index is 5.37. The molecule has 3 heteroatoms. The Bertz CT molecular complexity index is 3150. The number of rotatable bonds is 5. The molecule has 0 saturated heterocycles. The Hall–Kier alpha value is -7.10. The number of benzene rings is 8. The predicted octanol–water partition coefficient (Wildman–Crippen LogP) is 13.7. The van der Waals surface area contributed by atoms with Crippen LogP contribution in [0.3, 0.4) is 0 Å². The van der Waals surface area contributed by atoms with Crippen LogP contribution in [0.4, 0.5) is 0 Å². The number of fused-ring (bicyclic) bond motifs is 7. The van der Waals surface area contributed by atoms with Crippen LogP contribution in [0.5, 0.6) is 0 Å². The van der Waals surface area contributed by atoms with Gasteiger partial charge >= 0.3 is 0 Å². The average Bonchev–Trinajstić information content (AvgIpc) is 3.71. The third-order valence-electron chi connectivity index (χ3n) is 11.8. The molecule has 10 aromatic rings. The molecule has 8 aromatic carbocycles. The first-order valence-electron chi connectivity index (χ1n) is 19.3. The van der Waals surface area contributed by atoms with Crippen LogP contribution in [-0.4, -0.2) is 14.5 Å². The van der Waals surface area contributed by atoms with Crippen LogP contribution >= 0.6 is 0 Å². The Morgan fingerprint density at radius 1 is 0.411 bits per heavy atom. The maximum Gasteiger partial charge on any atom is 0.162 e. The number of para-hydroxylation sites is 1. The number of hydrogen-bond acceptors (Lipinski definition) is 2. The number of aromatic nitrogens is 3. The lowest BCUT2D eigenvalue weighted by molar-refractivity contribution is 0.661. The van der Waals surface area contributed by atoms with E-state index in [-0.39, 0.29) is 5.41 Å². The van der Waals surface area contributed by atoms with E-state index >= 15 is 0 Å². The first-order valence-corrected chi connectivity index (χ1v) is 19.3. The zero-order valence-corrected chi connectivity index (χ0v) is 31.2. The monoisotopic (exact) mass is 715 g/mol. The van der Waals surface area contributed by atoms with E-state index in [1.807, 2.05) is 6.07 Å². The summed E-state index contributed by atoms with van der Waals surface area (Å²) in [6.45, 7) is 4.72. The molecule has 0 bridgehead atoms. The molecule has 0 aliphatic heterocycles. The molecule has 0 fully saturated rings. The Morgan fingerprint density at radius 2 is 1.05 bits per heavy atom. The molecule has 11 rings (SSSR count). The quantitative estimate of drug-likeness (QED) is 0.178. The number of hydrogen-bond donors (Lipinski definition) is 0. The highest BCUT2D eigenvalue weighted by Crippen LogP contribution is 2.54. The summed E-state index contributed by atoms with van der Waals surface area (Å²) in [5.74, 6) is 1.52. The molecule has 0 atom stereocenters. The minimum atomic E-state index is -0.140. The summed E-state index contributed by atoms with van der Waals surface area (Å²) < 4.78 is 2.31. The van der Waals surface area contributed by atoms with Gasteiger partial charge in [-0.15, -0.1) is 0 Å². The molecule has 0 radical (unpaired) electrons. The van der Waals surface area contributed by atoms with Gasteiger partial charge in [-0.05, 0) is 85.6 Å². The minimum Gasteiger partial charge on any atom is -0.294 e. The van der Waals surface area contributed by atoms with Gasteiger partial charge in [-0.1, -0.05) is 166 Å². The van der Waals surface area contributed by atoms with Gasteiger partial charge < -0.3 is 0 Å². The molecule has 0 unspecified atom stereocenters. The summed E-state index contributed by atoms with van der Waals surface area (Å²) in [5.41, 5.74) is 15.1. The van der Waals surface area contributed by atoms with E-state index in [0.29, 0.717) is 5.82 Å². The third-order valence-corrected chi connectivity index (χ3v) is 11.8. The van der Waals surface area contributed by atoms with Crippen molar-refractivity contribution in [2.45, 2.75) is 19.3 Å². The average molecular weight is 716 g/mol. The van der Waals surface area contributed by atoms with Crippen LogP contribution in [0.2, 0.25) is 0 Å². The van der Waals surface area contributed by atoms with E-state index in [0.717, 1.165) is 39.2 Å². The molecule has 56 heavy (non-hydrogen) atoms. The fraction of sp³-hybridized carbons (Fsp3) is 0.0566. The smallest absolute Gasteiger partial charge is 0.162 e. The molecular weight excluding hydrogens is 679 g/mol. The van der Waals surface area contributed by atoms with Crippen LogP contribution in [0.15, 0.2) is 188 Å². The van der Waals surface area contributed by atoms with E-state index in [1.54, 1.807) is 0 Å². The van der Waals surface area contributed by atoms with Gasteiger partial charge in [0, 0.05) is 33.4 Å². The summed E-state index contributed by atoms with van der Waals surface area (Å²) in [5, 5.41) is 4.92. The number of nitrogens with zero attached hydrogens (tertiary/aromatic N) is 3. The van der Waals surface area contributed by atoms with E-state index in [4.69, 9.17) is 9.97 Å². The van der Waals surface area contributed by atoms with Gasteiger partial charge in [-0.3, -0.25) is 4.57 Å². The third kappa shape index (κ3) is 4.98. The first-order chi connectivity index (χ1) is 27.5. The predicted molar refractivity (Wildman–Crippen MR) is 233 cm³/mol. The highest BCUT2D eigenvalue weighted by molar-refractivity contribution is 6.10. The van der Waals surface area contributed by atoms with Crippen molar-refractivity contribution in [2.75, 3.05) is 0 Å². The maximum atomic E-state index is 5.37. The van der Waals surface area contributed by atoms with Crippen LogP contribution < -0.4 is 0 Å². The summed E-state index contributed by atoms with van der Waals surface area (Å²) in [7, 11) is 0. The largest absolute Gasteiger partial charge is 0.294 e. The van der Waals surface area contributed by atoms with Crippen LogP contribution in [0.25, 0.3) is 94.4 Å². The summed E-state index contributed by atoms with van der Waals surface area (Å²) in [6.07, 6.45) is 0. The van der Waals surface area contributed by atoms with Crippen molar-refractivity contribution in [3.63, 3.8) is 0 Å². The van der Waals surface area contributed by atoms with E-state index in [2.05, 4.69) is 200 Å². The van der Waals surface area contributed by atoms with Crippen molar-refractivity contribution in [1.29, 1.82) is 0 Å². The van der Waals surface area contributed by atoms with Gasteiger partial charge in [0.1, 0.15) is 5.82 Å². The fourth-order valence-corrected chi connectivity index (χ4v) is 9.07. The molecule has 0 N–H and O–H groups in total. The van der Waals surface area contributed by atoms with Crippen molar-refractivity contribution in [3.05, 3.63) is 199 Å². The fourth-order valence-electron chi connectivity index (χ4n) is 9.07. The molecule has 2 aromatic heterocycles. The summed E-state index contributed by atoms with van der Waals surface area (Å²) in [6, 6.07) is 67.6. The molecule has 264 valence electrons. The minimum absolute atomic E-state index is 0.140. The van der Waals surface area contributed by atoms with E-state index < -0.39 is 0 Å². The van der Waals surface area contributed by atoms with Crippen molar-refractivity contribution in [2.24, 2.45) is 0 Å². The normalized spacial score (nSPS) is 13.0.